The van der Waals surface area contributed by atoms with Crippen molar-refractivity contribution in [1.82, 2.24) is 9.97 Å². The molecule has 17 heavy (non-hydrogen) atoms. The molecule has 0 aliphatic carbocycles. The maximum atomic E-state index is 6.03. The Bertz CT molecular complexity index is 368. The summed E-state index contributed by atoms with van der Waals surface area (Å²) < 4.78 is 5.55. The maximum Gasteiger partial charge on any atom is 0.242 e. The van der Waals surface area contributed by atoms with Gasteiger partial charge in [0.05, 0.1) is 6.10 Å². The molecule has 5 heteroatoms. The number of rotatable bonds is 5. The first-order valence-electron chi connectivity index (χ1n) is 5.97. The molecular formula is C12H22N4O. The molecular weight excluding hydrogens is 216 g/mol. The van der Waals surface area contributed by atoms with E-state index in [2.05, 4.69) is 23.8 Å². The molecule has 0 spiro atoms. The standard InChI is InChI=1S/C12H22N4O/c1-6-9(4)16(5)11-10(13)12(15-7-14-11)17-8(2)3/h7-9H,6,13H2,1-5H3. The van der Waals surface area contributed by atoms with Crippen LogP contribution in [0, 0.1) is 0 Å². The van der Waals surface area contributed by atoms with Gasteiger partial charge >= 0.3 is 0 Å². The summed E-state index contributed by atoms with van der Waals surface area (Å²) in [6.07, 6.45) is 2.57. The van der Waals surface area contributed by atoms with E-state index in [1.807, 2.05) is 25.8 Å². The minimum Gasteiger partial charge on any atom is -0.473 e. The Morgan fingerprint density at radius 3 is 2.53 bits per heavy atom. The van der Waals surface area contributed by atoms with Crippen molar-refractivity contribution in [3.05, 3.63) is 6.33 Å². The van der Waals surface area contributed by atoms with Crippen molar-refractivity contribution in [3.63, 3.8) is 0 Å². The minimum absolute atomic E-state index is 0.0500. The zero-order valence-corrected chi connectivity index (χ0v) is 11.3. The molecule has 2 N–H and O–H groups in total. The van der Waals surface area contributed by atoms with Gasteiger partial charge in [0.1, 0.15) is 12.0 Å². The van der Waals surface area contributed by atoms with Gasteiger partial charge in [-0.1, -0.05) is 6.92 Å². The molecule has 1 unspecified atom stereocenters. The highest BCUT2D eigenvalue weighted by Gasteiger charge is 2.16. The average molecular weight is 238 g/mol. The summed E-state index contributed by atoms with van der Waals surface area (Å²) in [6, 6.07) is 0.374. The lowest BCUT2D eigenvalue weighted by molar-refractivity contribution is 0.234. The Morgan fingerprint density at radius 2 is 2.00 bits per heavy atom. The molecule has 1 heterocycles. The quantitative estimate of drug-likeness (QED) is 0.850. The summed E-state index contributed by atoms with van der Waals surface area (Å²) >= 11 is 0. The minimum atomic E-state index is 0.0500. The number of nitrogens with two attached hydrogens (primary N) is 1. The molecule has 0 saturated carbocycles. The highest BCUT2D eigenvalue weighted by Crippen LogP contribution is 2.29. The fourth-order valence-electron chi connectivity index (χ4n) is 1.45. The molecule has 5 nitrogen and oxygen atoms in total. The van der Waals surface area contributed by atoms with E-state index >= 15 is 0 Å². The van der Waals surface area contributed by atoms with Gasteiger partial charge in [-0.15, -0.1) is 0 Å². The van der Waals surface area contributed by atoms with Crippen LogP contribution >= 0.6 is 0 Å². The highest BCUT2D eigenvalue weighted by atomic mass is 16.5. The Morgan fingerprint density at radius 1 is 1.35 bits per heavy atom. The smallest absolute Gasteiger partial charge is 0.242 e. The van der Waals surface area contributed by atoms with Crippen LogP contribution in [0.5, 0.6) is 5.88 Å². The molecule has 0 fully saturated rings. The zero-order chi connectivity index (χ0) is 13.0. The van der Waals surface area contributed by atoms with E-state index in [-0.39, 0.29) is 6.10 Å². The number of aromatic nitrogens is 2. The lowest BCUT2D eigenvalue weighted by Gasteiger charge is -2.26. The predicted molar refractivity (Wildman–Crippen MR) is 70.4 cm³/mol. The van der Waals surface area contributed by atoms with Crippen molar-refractivity contribution in [2.24, 2.45) is 0 Å². The number of nitrogens with zero attached hydrogens (tertiary/aromatic N) is 3. The summed E-state index contributed by atoms with van der Waals surface area (Å²) in [5.74, 6) is 1.19. The number of hydrogen-bond donors (Lipinski definition) is 1. The molecule has 0 aromatic carbocycles. The van der Waals surface area contributed by atoms with Crippen molar-refractivity contribution in [1.29, 1.82) is 0 Å². The van der Waals surface area contributed by atoms with Gasteiger partial charge in [0.2, 0.25) is 5.88 Å². The Labute approximate surface area is 103 Å². The van der Waals surface area contributed by atoms with Crippen molar-refractivity contribution in [2.75, 3.05) is 17.7 Å². The van der Waals surface area contributed by atoms with Crippen molar-refractivity contribution in [2.45, 2.75) is 46.3 Å². The van der Waals surface area contributed by atoms with Crippen molar-refractivity contribution in [3.8, 4) is 5.88 Å². The number of nitrogen functional groups attached to an aromatic ring is 1. The van der Waals surface area contributed by atoms with Crippen LogP contribution in [-0.4, -0.2) is 29.2 Å². The molecule has 0 bridgehead atoms. The Balaban J connectivity index is 3.01. The van der Waals surface area contributed by atoms with Gasteiger partial charge in [0.15, 0.2) is 5.82 Å². The largest absolute Gasteiger partial charge is 0.473 e. The van der Waals surface area contributed by atoms with Crippen LogP contribution in [0.2, 0.25) is 0 Å². The van der Waals surface area contributed by atoms with Gasteiger partial charge < -0.3 is 15.4 Å². The molecule has 1 atom stereocenters. The third-order valence-corrected chi connectivity index (χ3v) is 2.76. The third kappa shape index (κ3) is 3.22. The fraction of sp³-hybridized carbons (Fsp3) is 0.667. The molecule has 1 aromatic heterocycles. The van der Waals surface area contributed by atoms with E-state index < -0.39 is 0 Å². The second-order valence-electron chi connectivity index (χ2n) is 4.45. The SMILES string of the molecule is CCC(C)N(C)c1ncnc(OC(C)C)c1N. The average Bonchev–Trinajstić information content (AvgIpc) is 2.29. The molecule has 0 amide bonds. The van der Waals surface area contributed by atoms with Crippen LogP contribution in [-0.2, 0) is 0 Å². The predicted octanol–water partition coefficient (Wildman–Crippen LogP) is 2.08. The van der Waals surface area contributed by atoms with Gasteiger partial charge in [0, 0.05) is 13.1 Å². The first-order valence-corrected chi connectivity index (χ1v) is 5.97. The number of ether oxygens (including phenoxy) is 1. The summed E-state index contributed by atoms with van der Waals surface area (Å²) in [7, 11) is 1.98. The first-order chi connectivity index (χ1) is 7.97. The topological polar surface area (TPSA) is 64.3 Å². The summed E-state index contributed by atoms with van der Waals surface area (Å²) in [5.41, 5.74) is 6.54. The van der Waals surface area contributed by atoms with E-state index in [1.165, 1.54) is 6.33 Å². The molecule has 1 rings (SSSR count). The normalized spacial score (nSPS) is 12.6. The highest BCUT2D eigenvalue weighted by molar-refractivity contribution is 5.67. The van der Waals surface area contributed by atoms with Gasteiger partial charge in [-0.3, -0.25) is 0 Å². The lowest BCUT2D eigenvalue weighted by Crippen LogP contribution is -2.30. The Kier molecular flexibility index (Phi) is 4.54. The first kappa shape index (κ1) is 13.5. The summed E-state index contributed by atoms with van der Waals surface area (Å²) in [6.45, 7) is 8.15. The van der Waals surface area contributed by atoms with E-state index in [4.69, 9.17) is 10.5 Å². The van der Waals surface area contributed by atoms with Crippen LogP contribution in [0.3, 0.4) is 0 Å². The lowest BCUT2D eigenvalue weighted by atomic mass is 10.2. The second-order valence-corrected chi connectivity index (χ2v) is 4.45. The summed E-state index contributed by atoms with van der Waals surface area (Å²) in [4.78, 5) is 10.3. The molecule has 0 aliphatic heterocycles. The summed E-state index contributed by atoms with van der Waals surface area (Å²) in [5, 5.41) is 0. The van der Waals surface area contributed by atoms with Crippen LogP contribution in [0.1, 0.15) is 34.1 Å². The van der Waals surface area contributed by atoms with E-state index in [0.717, 1.165) is 12.2 Å². The number of anilines is 2. The van der Waals surface area contributed by atoms with Crippen LogP contribution in [0.25, 0.3) is 0 Å². The zero-order valence-electron chi connectivity index (χ0n) is 11.3. The third-order valence-electron chi connectivity index (χ3n) is 2.76. The van der Waals surface area contributed by atoms with Gasteiger partial charge in [0.25, 0.3) is 0 Å². The molecule has 0 aliphatic rings. The fourth-order valence-corrected chi connectivity index (χ4v) is 1.45. The van der Waals surface area contributed by atoms with Crippen molar-refractivity contribution >= 4 is 11.5 Å². The van der Waals surface area contributed by atoms with E-state index in [9.17, 15) is 0 Å². The van der Waals surface area contributed by atoms with Crippen LogP contribution in [0.15, 0.2) is 6.33 Å². The number of hydrogen-bond acceptors (Lipinski definition) is 5. The van der Waals surface area contributed by atoms with E-state index in [0.29, 0.717) is 17.6 Å². The molecule has 0 saturated heterocycles. The van der Waals surface area contributed by atoms with E-state index in [1.54, 1.807) is 0 Å². The second kappa shape index (κ2) is 5.70. The maximum absolute atomic E-state index is 6.03. The van der Waals surface area contributed by atoms with Crippen LogP contribution < -0.4 is 15.4 Å². The van der Waals surface area contributed by atoms with Gasteiger partial charge in [-0.05, 0) is 27.2 Å². The molecule has 0 radical (unpaired) electrons. The van der Waals surface area contributed by atoms with Crippen LogP contribution in [0.4, 0.5) is 11.5 Å². The molecule has 96 valence electrons. The van der Waals surface area contributed by atoms with Gasteiger partial charge in [-0.2, -0.15) is 4.98 Å². The molecule has 1 aromatic rings. The van der Waals surface area contributed by atoms with Crippen molar-refractivity contribution < 1.29 is 4.74 Å². The Hall–Kier alpha value is -1.52. The van der Waals surface area contributed by atoms with Gasteiger partial charge in [-0.25, -0.2) is 4.98 Å². The monoisotopic (exact) mass is 238 g/mol.